The fourth-order valence-corrected chi connectivity index (χ4v) is 2.10. The van der Waals surface area contributed by atoms with Gasteiger partial charge >= 0.3 is 0 Å². The van der Waals surface area contributed by atoms with Crippen molar-refractivity contribution in [2.45, 2.75) is 25.9 Å². The van der Waals surface area contributed by atoms with Crippen molar-refractivity contribution in [1.82, 2.24) is 14.9 Å². The molecule has 0 fully saturated rings. The number of benzene rings is 1. The number of rotatable bonds is 5. The predicted octanol–water partition coefficient (Wildman–Crippen LogP) is 3.31. The molecule has 0 radical (unpaired) electrons. The van der Waals surface area contributed by atoms with E-state index in [1.165, 1.54) is 5.56 Å². The van der Waals surface area contributed by atoms with Gasteiger partial charge in [-0.25, -0.2) is 4.98 Å². The molecule has 96 valence electrons. The van der Waals surface area contributed by atoms with E-state index in [1.807, 2.05) is 36.1 Å². The summed E-state index contributed by atoms with van der Waals surface area (Å²) in [6.07, 6.45) is 4.81. The van der Waals surface area contributed by atoms with E-state index in [2.05, 4.69) is 29.4 Å². The Kier molecular flexibility index (Phi) is 4.39. The minimum Gasteiger partial charge on any atom is -0.337 e. The van der Waals surface area contributed by atoms with Crippen LogP contribution in [-0.2, 0) is 13.6 Å². The monoisotopic (exact) mass is 263 g/mol. The van der Waals surface area contributed by atoms with Gasteiger partial charge in [-0.2, -0.15) is 0 Å². The van der Waals surface area contributed by atoms with Gasteiger partial charge in [0.1, 0.15) is 5.82 Å². The molecule has 18 heavy (non-hydrogen) atoms. The molecule has 1 unspecified atom stereocenters. The Morgan fingerprint density at radius 3 is 2.61 bits per heavy atom. The molecule has 3 nitrogen and oxygen atoms in total. The highest BCUT2D eigenvalue weighted by Gasteiger charge is 2.09. The van der Waals surface area contributed by atoms with Crippen molar-refractivity contribution in [3.8, 4) is 0 Å². The molecule has 0 spiro atoms. The van der Waals surface area contributed by atoms with Crippen molar-refractivity contribution in [3.05, 3.63) is 53.1 Å². The number of nitrogens with zero attached hydrogens (tertiary/aromatic N) is 2. The van der Waals surface area contributed by atoms with Crippen LogP contribution in [0.15, 0.2) is 36.7 Å². The van der Waals surface area contributed by atoms with Crippen LogP contribution < -0.4 is 5.32 Å². The third-order valence-corrected chi connectivity index (χ3v) is 3.36. The van der Waals surface area contributed by atoms with Crippen LogP contribution in [0.2, 0.25) is 5.02 Å². The van der Waals surface area contributed by atoms with Gasteiger partial charge in [0.05, 0.1) is 6.54 Å². The zero-order valence-corrected chi connectivity index (χ0v) is 11.5. The first-order valence-corrected chi connectivity index (χ1v) is 6.53. The van der Waals surface area contributed by atoms with Gasteiger partial charge in [0, 0.05) is 30.5 Å². The van der Waals surface area contributed by atoms with E-state index in [9.17, 15) is 0 Å². The smallest absolute Gasteiger partial charge is 0.122 e. The average Bonchev–Trinajstić information content (AvgIpc) is 2.78. The van der Waals surface area contributed by atoms with Crippen LogP contribution in [0.3, 0.4) is 0 Å². The summed E-state index contributed by atoms with van der Waals surface area (Å²) in [5, 5.41) is 4.30. The molecule has 1 aromatic heterocycles. The number of halogens is 1. The normalized spacial score (nSPS) is 12.6. The molecule has 0 saturated heterocycles. The van der Waals surface area contributed by atoms with Crippen LogP contribution in [0.25, 0.3) is 0 Å². The lowest BCUT2D eigenvalue weighted by Gasteiger charge is -2.17. The second kappa shape index (κ2) is 6.03. The van der Waals surface area contributed by atoms with Crippen molar-refractivity contribution in [1.29, 1.82) is 0 Å². The summed E-state index contributed by atoms with van der Waals surface area (Å²) >= 11 is 5.90. The molecule has 4 heteroatoms. The fourth-order valence-electron chi connectivity index (χ4n) is 1.97. The molecule has 2 aromatic rings. The standard InChI is InChI=1S/C14H18ClN3/c1-3-13(11-4-6-12(15)7-5-11)17-10-14-16-8-9-18(14)2/h4-9,13,17H,3,10H2,1-2H3. The summed E-state index contributed by atoms with van der Waals surface area (Å²) in [6.45, 7) is 2.94. The van der Waals surface area contributed by atoms with Crippen LogP contribution >= 0.6 is 11.6 Å². The van der Waals surface area contributed by atoms with Crippen molar-refractivity contribution < 1.29 is 0 Å². The predicted molar refractivity (Wildman–Crippen MR) is 74.5 cm³/mol. The van der Waals surface area contributed by atoms with Crippen molar-refractivity contribution in [2.24, 2.45) is 7.05 Å². The Morgan fingerprint density at radius 1 is 1.33 bits per heavy atom. The van der Waals surface area contributed by atoms with Crippen molar-refractivity contribution >= 4 is 11.6 Å². The minimum atomic E-state index is 0.332. The first kappa shape index (κ1) is 13.1. The number of nitrogens with one attached hydrogen (secondary N) is 1. The van der Waals surface area contributed by atoms with E-state index in [0.717, 1.165) is 23.8 Å². The topological polar surface area (TPSA) is 29.9 Å². The molecule has 1 atom stereocenters. The number of aromatic nitrogens is 2. The van der Waals surface area contributed by atoms with E-state index in [-0.39, 0.29) is 0 Å². The molecule has 1 aromatic carbocycles. The first-order chi connectivity index (χ1) is 8.70. The van der Waals surface area contributed by atoms with E-state index in [4.69, 9.17) is 11.6 Å². The van der Waals surface area contributed by atoms with Gasteiger partial charge in [0.25, 0.3) is 0 Å². The second-order valence-corrected chi connectivity index (χ2v) is 4.78. The summed E-state index contributed by atoms with van der Waals surface area (Å²) in [6, 6.07) is 8.34. The van der Waals surface area contributed by atoms with E-state index in [1.54, 1.807) is 0 Å². The van der Waals surface area contributed by atoms with Gasteiger partial charge in [-0.3, -0.25) is 0 Å². The van der Waals surface area contributed by atoms with Gasteiger partial charge in [-0.15, -0.1) is 0 Å². The van der Waals surface area contributed by atoms with Crippen LogP contribution in [0, 0.1) is 0 Å². The molecule has 0 aliphatic rings. The third kappa shape index (κ3) is 3.12. The maximum Gasteiger partial charge on any atom is 0.122 e. The van der Waals surface area contributed by atoms with Gasteiger partial charge in [-0.05, 0) is 24.1 Å². The van der Waals surface area contributed by atoms with E-state index in [0.29, 0.717) is 6.04 Å². The fraction of sp³-hybridized carbons (Fsp3) is 0.357. The van der Waals surface area contributed by atoms with Gasteiger partial charge in [0.15, 0.2) is 0 Å². The lowest BCUT2D eigenvalue weighted by molar-refractivity contribution is 0.502. The van der Waals surface area contributed by atoms with Crippen LogP contribution in [0.1, 0.15) is 30.8 Å². The Morgan fingerprint density at radius 2 is 2.06 bits per heavy atom. The number of aryl methyl sites for hydroxylation is 1. The average molecular weight is 264 g/mol. The van der Waals surface area contributed by atoms with E-state index < -0.39 is 0 Å². The highest BCUT2D eigenvalue weighted by Crippen LogP contribution is 2.19. The molecule has 0 amide bonds. The lowest BCUT2D eigenvalue weighted by Crippen LogP contribution is -2.22. The van der Waals surface area contributed by atoms with Gasteiger partial charge in [0.2, 0.25) is 0 Å². The molecule has 1 N–H and O–H groups in total. The Balaban J connectivity index is 2.01. The van der Waals surface area contributed by atoms with Crippen molar-refractivity contribution in [2.75, 3.05) is 0 Å². The number of hydrogen-bond donors (Lipinski definition) is 1. The molecule has 1 heterocycles. The second-order valence-electron chi connectivity index (χ2n) is 4.35. The Hall–Kier alpha value is -1.32. The molecule has 0 aliphatic heterocycles. The third-order valence-electron chi connectivity index (χ3n) is 3.11. The number of imidazole rings is 1. The maximum absolute atomic E-state index is 5.90. The van der Waals surface area contributed by atoms with Crippen LogP contribution in [-0.4, -0.2) is 9.55 Å². The molecule has 0 aliphatic carbocycles. The van der Waals surface area contributed by atoms with Crippen molar-refractivity contribution in [3.63, 3.8) is 0 Å². The van der Waals surface area contributed by atoms with Crippen LogP contribution in [0.4, 0.5) is 0 Å². The lowest BCUT2D eigenvalue weighted by atomic mass is 10.0. The highest BCUT2D eigenvalue weighted by molar-refractivity contribution is 6.30. The van der Waals surface area contributed by atoms with E-state index >= 15 is 0 Å². The summed E-state index contributed by atoms with van der Waals surface area (Å²) in [7, 11) is 2.01. The summed E-state index contributed by atoms with van der Waals surface area (Å²) < 4.78 is 2.03. The molecular weight excluding hydrogens is 246 g/mol. The van der Waals surface area contributed by atoms with Gasteiger partial charge in [-0.1, -0.05) is 30.7 Å². The highest BCUT2D eigenvalue weighted by atomic mass is 35.5. The summed E-state index contributed by atoms with van der Waals surface area (Å²) in [5.74, 6) is 1.04. The zero-order chi connectivity index (χ0) is 13.0. The SMILES string of the molecule is CCC(NCc1nccn1C)c1ccc(Cl)cc1. The molecule has 2 rings (SSSR count). The summed E-state index contributed by atoms with van der Waals surface area (Å²) in [4.78, 5) is 4.31. The molecular formula is C14H18ClN3. The molecule has 0 bridgehead atoms. The largest absolute Gasteiger partial charge is 0.337 e. The Labute approximate surface area is 113 Å². The quantitative estimate of drug-likeness (QED) is 0.897. The van der Waals surface area contributed by atoms with Gasteiger partial charge < -0.3 is 9.88 Å². The zero-order valence-electron chi connectivity index (χ0n) is 10.7. The minimum absolute atomic E-state index is 0.332. The maximum atomic E-state index is 5.90. The van der Waals surface area contributed by atoms with Crippen LogP contribution in [0.5, 0.6) is 0 Å². The molecule has 0 saturated carbocycles. The Bertz CT molecular complexity index is 490. The first-order valence-electron chi connectivity index (χ1n) is 6.15. The number of hydrogen-bond acceptors (Lipinski definition) is 2. The summed E-state index contributed by atoms with van der Waals surface area (Å²) in [5.41, 5.74) is 1.26.